The summed E-state index contributed by atoms with van der Waals surface area (Å²) in [6.07, 6.45) is 5.94. The van der Waals surface area contributed by atoms with Gasteiger partial charge in [-0.15, -0.1) is 11.3 Å². The Kier molecular flexibility index (Phi) is 5.86. The number of nitrogens with zero attached hydrogens (tertiary/aromatic N) is 1. The van der Waals surface area contributed by atoms with E-state index in [-0.39, 0.29) is 5.92 Å². The van der Waals surface area contributed by atoms with E-state index in [1.54, 1.807) is 11.3 Å². The third-order valence-corrected chi connectivity index (χ3v) is 11.3. The lowest BCUT2D eigenvalue weighted by Crippen LogP contribution is -2.36. The third-order valence-electron chi connectivity index (χ3n) is 7.42. The molecule has 5 N–H and O–H groups in total. The maximum Gasteiger partial charge on any atom is 0.250 e. The summed E-state index contributed by atoms with van der Waals surface area (Å²) in [7, 11) is -2.60. The third kappa shape index (κ3) is 4.23. The van der Waals surface area contributed by atoms with Crippen LogP contribution >= 0.6 is 21.9 Å². The van der Waals surface area contributed by atoms with Gasteiger partial charge in [0.1, 0.15) is 0 Å². The first kappa shape index (κ1) is 22.9. The Labute approximate surface area is 200 Å². The molecular formula is C25H33N3O3S2. The molecule has 2 aliphatic heterocycles. The smallest absolute Gasteiger partial charge is 0.250 e. The number of benzene rings is 1. The van der Waals surface area contributed by atoms with Crippen molar-refractivity contribution < 1.29 is 13.9 Å². The van der Waals surface area contributed by atoms with Gasteiger partial charge in [-0.3, -0.25) is 18.8 Å². The SMILES string of the molecule is CC1(C)CC(c2c[nH]c3c(C(N)=O)cc(-c4ccc(CN5CCCC5)s4)cc23)CCS1(O)O. The highest BCUT2D eigenvalue weighted by Gasteiger charge is 2.41. The van der Waals surface area contributed by atoms with Crippen LogP contribution in [0.5, 0.6) is 0 Å². The minimum Gasteiger partial charge on any atom is -0.366 e. The zero-order valence-corrected chi connectivity index (χ0v) is 20.9. The number of primary amides is 1. The number of rotatable bonds is 5. The van der Waals surface area contributed by atoms with Gasteiger partial charge in [0.2, 0.25) is 0 Å². The Hall–Kier alpha value is -1.84. The van der Waals surface area contributed by atoms with E-state index in [4.69, 9.17) is 5.73 Å². The highest BCUT2D eigenvalue weighted by atomic mass is 32.3. The second-order valence-electron chi connectivity index (χ2n) is 10.1. The number of carbonyl (C=O) groups excluding carboxylic acids is 1. The Morgan fingerprint density at radius 2 is 2.03 bits per heavy atom. The number of aromatic amines is 1. The van der Waals surface area contributed by atoms with Gasteiger partial charge in [0, 0.05) is 33.6 Å². The van der Waals surface area contributed by atoms with Gasteiger partial charge in [-0.25, -0.2) is 0 Å². The number of amides is 1. The molecule has 178 valence electrons. The minimum absolute atomic E-state index is 0.193. The normalized spacial score (nSPS) is 23.7. The van der Waals surface area contributed by atoms with Gasteiger partial charge in [-0.1, -0.05) is 0 Å². The highest BCUT2D eigenvalue weighted by molar-refractivity contribution is 8.25. The van der Waals surface area contributed by atoms with Crippen molar-refractivity contribution in [1.29, 1.82) is 0 Å². The van der Waals surface area contributed by atoms with E-state index in [2.05, 4.69) is 28.1 Å². The van der Waals surface area contributed by atoms with Gasteiger partial charge >= 0.3 is 0 Å². The quantitative estimate of drug-likeness (QED) is 0.354. The van der Waals surface area contributed by atoms with Gasteiger partial charge < -0.3 is 10.7 Å². The fraction of sp³-hybridized carbons (Fsp3) is 0.480. The first-order chi connectivity index (χ1) is 15.6. The molecule has 2 fully saturated rings. The number of H-pyrrole nitrogens is 1. The average Bonchev–Trinajstić information content (AvgIpc) is 3.50. The fourth-order valence-electron chi connectivity index (χ4n) is 5.38. The summed E-state index contributed by atoms with van der Waals surface area (Å²) in [5.74, 6) is 0.158. The van der Waals surface area contributed by atoms with Crippen molar-refractivity contribution in [1.82, 2.24) is 9.88 Å². The summed E-state index contributed by atoms with van der Waals surface area (Å²) in [5, 5.41) is 1.01. The first-order valence-electron chi connectivity index (χ1n) is 11.7. The Balaban J connectivity index is 1.52. The van der Waals surface area contributed by atoms with Gasteiger partial charge in [-0.05, 0) is 93.9 Å². The fourth-order valence-corrected chi connectivity index (χ4v) is 8.06. The van der Waals surface area contributed by atoms with Gasteiger partial charge in [0.25, 0.3) is 5.91 Å². The van der Waals surface area contributed by atoms with Crippen LogP contribution in [0.2, 0.25) is 0 Å². The van der Waals surface area contributed by atoms with Crippen LogP contribution in [0, 0.1) is 0 Å². The van der Waals surface area contributed by atoms with Crippen molar-refractivity contribution in [3.8, 4) is 10.4 Å². The summed E-state index contributed by atoms with van der Waals surface area (Å²) >= 11 is 1.78. The molecule has 8 heteroatoms. The van der Waals surface area contributed by atoms with E-state index in [0.29, 0.717) is 24.2 Å². The molecule has 0 saturated carbocycles. The number of aromatic nitrogens is 1. The van der Waals surface area contributed by atoms with Crippen molar-refractivity contribution in [2.45, 2.75) is 56.7 Å². The average molecular weight is 488 g/mol. The summed E-state index contributed by atoms with van der Waals surface area (Å²) in [4.78, 5) is 20.6. The van der Waals surface area contributed by atoms with Gasteiger partial charge in [0.05, 0.1) is 15.8 Å². The van der Waals surface area contributed by atoms with Crippen LogP contribution in [0.25, 0.3) is 21.3 Å². The molecule has 6 nitrogen and oxygen atoms in total. The van der Waals surface area contributed by atoms with Crippen LogP contribution in [-0.2, 0) is 6.54 Å². The maximum atomic E-state index is 12.3. The minimum atomic E-state index is -2.60. The van der Waals surface area contributed by atoms with Crippen molar-refractivity contribution >= 4 is 38.7 Å². The van der Waals surface area contributed by atoms with Crippen LogP contribution in [0.3, 0.4) is 0 Å². The van der Waals surface area contributed by atoms with Gasteiger partial charge in [-0.2, -0.15) is 10.6 Å². The van der Waals surface area contributed by atoms with Crippen LogP contribution in [-0.4, -0.2) is 48.5 Å². The van der Waals surface area contributed by atoms with E-state index in [1.807, 2.05) is 26.1 Å². The lowest BCUT2D eigenvalue weighted by atomic mass is 9.86. The lowest BCUT2D eigenvalue weighted by Gasteiger charge is -2.52. The molecule has 0 spiro atoms. The van der Waals surface area contributed by atoms with Gasteiger partial charge in [0.15, 0.2) is 0 Å². The number of hydrogen-bond donors (Lipinski definition) is 4. The van der Waals surface area contributed by atoms with E-state index in [1.165, 1.54) is 30.8 Å². The van der Waals surface area contributed by atoms with E-state index in [0.717, 1.165) is 33.5 Å². The summed E-state index contributed by atoms with van der Waals surface area (Å²) in [6, 6.07) is 8.41. The van der Waals surface area contributed by atoms with Crippen molar-refractivity contribution in [3.05, 3.63) is 46.5 Å². The number of carbonyl (C=O) groups is 1. The Morgan fingerprint density at radius 3 is 2.73 bits per heavy atom. The molecule has 1 amide bonds. The molecule has 1 unspecified atom stereocenters. The first-order valence-corrected chi connectivity index (χ1v) is 14.2. The Bertz CT molecular complexity index is 1190. The van der Waals surface area contributed by atoms with Crippen molar-refractivity contribution in [2.75, 3.05) is 18.8 Å². The number of likely N-dealkylation sites (tertiary alicyclic amines) is 1. The molecule has 2 aromatic heterocycles. The summed E-state index contributed by atoms with van der Waals surface area (Å²) in [6.45, 7) is 7.20. The van der Waals surface area contributed by atoms with Crippen LogP contribution in [0.15, 0.2) is 30.5 Å². The van der Waals surface area contributed by atoms with E-state index < -0.39 is 21.2 Å². The molecule has 2 aliphatic rings. The molecule has 4 heterocycles. The predicted molar refractivity (Wildman–Crippen MR) is 138 cm³/mol. The number of fused-ring (bicyclic) bond motifs is 1. The molecule has 0 aliphatic carbocycles. The monoisotopic (exact) mass is 487 g/mol. The maximum absolute atomic E-state index is 12.3. The van der Waals surface area contributed by atoms with Crippen LogP contribution in [0.4, 0.5) is 0 Å². The molecule has 2 saturated heterocycles. The number of hydrogen-bond acceptors (Lipinski definition) is 5. The van der Waals surface area contributed by atoms with Crippen LogP contribution < -0.4 is 5.73 Å². The molecule has 0 bridgehead atoms. The standard InChI is InChI=1S/C25H33N3O3S2/c1-25(2)13-16(7-10-33(25,30)31)21-14-27-23-19(21)11-17(12-20(23)24(26)29)22-6-5-18(32-22)15-28-8-3-4-9-28/h5-6,11-12,14,16,27,30-31H,3-4,7-10,13,15H2,1-2H3,(H2,26,29). The Morgan fingerprint density at radius 1 is 1.27 bits per heavy atom. The molecule has 5 rings (SSSR count). The zero-order valence-electron chi connectivity index (χ0n) is 19.3. The topological polar surface area (TPSA) is 103 Å². The predicted octanol–water partition coefficient (Wildman–Crippen LogP) is 6.00. The number of nitrogens with two attached hydrogens (primary N) is 1. The van der Waals surface area contributed by atoms with E-state index in [9.17, 15) is 13.9 Å². The summed E-state index contributed by atoms with van der Waals surface area (Å²) in [5.41, 5.74) is 9.19. The second kappa shape index (κ2) is 8.43. The molecule has 1 atom stereocenters. The number of nitrogens with one attached hydrogen (secondary N) is 1. The number of thiophene rings is 1. The van der Waals surface area contributed by atoms with Crippen molar-refractivity contribution in [3.63, 3.8) is 0 Å². The highest BCUT2D eigenvalue weighted by Crippen LogP contribution is 2.61. The molecular weight excluding hydrogens is 454 g/mol. The molecule has 3 aromatic rings. The van der Waals surface area contributed by atoms with E-state index >= 15 is 0 Å². The lowest BCUT2D eigenvalue weighted by molar-refractivity contribution is 0.100. The largest absolute Gasteiger partial charge is 0.366 e. The van der Waals surface area contributed by atoms with Crippen molar-refractivity contribution in [2.24, 2.45) is 5.73 Å². The molecule has 33 heavy (non-hydrogen) atoms. The zero-order chi connectivity index (χ0) is 23.4. The second-order valence-corrected chi connectivity index (χ2v) is 14.1. The molecule has 0 radical (unpaired) electrons. The molecule has 1 aromatic carbocycles. The summed E-state index contributed by atoms with van der Waals surface area (Å²) < 4.78 is 20.5. The van der Waals surface area contributed by atoms with Crippen LogP contribution in [0.1, 0.15) is 66.2 Å².